The Hall–Kier alpha value is -2.07. The molecule has 0 radical (unpaired) electrons. The molecule has 0 unspecified atom stereocenters. The van der Waals surface area contributed by atoms with E-state index >= 15 is 0 Å². The minimum absolute atomic E-state index is 0. The lowest BCUT2D eigenvalue weighted by Gasteiger charge is -2.29. The molecule has 0 amide bonds. The quantitative estimate of drug-likeness (QED) is 0.353. The number of pyridine rings is 1. The largest absolute Gasteiger partial charge is 0.496 e. The summed E-state index contributed by atoms with van der Waals surface area (Å²) in [6.07, 6.45) is 1.84. The minimum Gasteiger partial charge on any atom is -0.496 e. The fourth-order valence-corrected chi connectivity index (χ4v) is 3.20. The van der Waals surface area contributed by atoms with E-state index in [-0.39, 0.29) is 24.0 Å². The summed E-state index contributed by atoms with van der Waals surface area (Å²) in [6, 6.07) is 10.3. The van der Waals surface area contributed by atoms with Crippen LogP contribution in [-0.2, 0) is 17.8 Å². The number of aromatic nitrogens is 1. The SMILES string of the molecule is CN=C(NCc1ccc(C)cc1OC)NCc1cccnc1N1CCOCC1.I. The van der Waals surface area contributed by atoms with Gasteiger partial charge in [0.05, 0.1) is 20.3 Å². The van der Waals surface area contributed by atoms with E-state index in [4.69, 9.17) is 9.47 Å². The summed E-state index contributed by atoms with van der Waals surface area (Å²) >= 11 is 0. The zero-order valence-electron chi connectivity index (χ0n) is 17.3. The summed E-state index contributed by atoms with van der Waals surface area (Å²) in [6.45, 7) is 6.54. The van der Waals surface area contributed by atoms with E-state index < -0.39 is 0 Å². The predicted octanol–water partition coefficient (Wildman–Crippen LogP) is 2.72. The van der Waals surface area contributed by atoms with E-state index in [9.17, 15) is 0 Å². The van der Waals surface area contributed by atoms with Crippen molar-refractivity contribution in [3.05, 3.63) is 53.2 Å². The molecule has 2 N–H and O–H groups in total. The number of hydrogen-bond acceptors (Lipinski definition) is 5. The van der Waals surface area contributed by atoms with Crippen molar-refractivity contribution in [1.29, 1.82) is 0 Å². The highest BCUT2D eigenvalue weighted by Gasteiger charge is 2.16. The maximum atomic E-state index is 5.48. The number of benzene rings is 1. The molecular formula is C21H30IN5O2. The van der Waals surface area contributed by atoms with Crippen LogP contribution in [0.2, 0.25) is 0 Å². The Kier molecular flexibility index (Phi) is 9.46. The number of methoxy groups -OCH3 is 1. The van der Waals surface area contributed by atoms with Gasteiger partial charge in [-0.25, -0.2) is 4.98 Å². The number of hydrogen-bond donors (Lipinski definition) is 2. The Labute approximate surface area is 189 Å². The number of aryl methyl sites for hydroxylation is 1. The Balaban J connectivity index is 0.00000300. The molecule has 0 atom stereocenters. The van der Waals surface area contributed by atoms with Crippen molar-refractivity contribution in [2.45, 2.75) is 20.0 Å². The van der Waals surface area contributed by atoms with Crippen LogP contribution in [0, 0.1) is 6.92 Å². The van der Waals surface area contributed by atoms with E-state index in [0.29, 0.717) is 13.1 Å². The molecule has 8 heteroatoms. The van der Waals surface area contributed by atoms with Crippen LogP contribution >= 0.6 is 24.0 Å². The van der Waals surface area contributed by atoms with Crippen LogP contribution in [0.4, 0.5) is 5.82 Å². The number of guanidine groups is 1. The standard InChI is InChI=1S/C21H29N5O2.HI/c1-16-6-7-17(19(13-16)27-3)14-24-21(22-2)25-15-18-5-4-8-23-20(18)26-9-11-28-12-10-26;/h4-8,13H,9-12,14-15H2,1-3H3,(H2,22,24,25);1H. The normalized spacial score (nSPS) is 14.2. The summed E-state index contributed by atoms with van der Waals surface area (Å²) in [4.78, 5) is 11.2. The second kappa shape index (κ2) is 11.8. The first-order valence-corrected chi connectivity index (χ1v) is 9.56. The molecule has 2 aromatic rings. The first-order valence-electron chi connectivity index (χ1n) is 9.56. The van der Waals surface area contributed by atoms with E-state index in [2.05, 4.69) is 50.6 Å². The second-order valence-corrected chi connectivity index (χ2v) is 6.68. The van der Waals surface area contributed by atoms with Crippen molar-refractivity contribution >= 4 is 35.8 Å². The maximum Gasteiger partial charge on any atom is 0.191 e. The molecule has 1 fully saturated rings. The number of anilines is 1. The molecule has 158 valence electrons. The lowest BCUT2D eigenvalue weighted by Crippen LogP contribution is -2.39. The number of halogens is 1. The summed E-state index contributed by atoms with van der Waals surface area (Å²) in [5.41, 5.74) is 3.40. The summed E-state index contributed by atoms with van der Waals surface area (Å²) < 4.78 is 10.9. The molecule has 2 heterocycles. The molecule has 1 aliphatic rings. The third-order valence-electron chi connectivity index (χ3n) is 4.74. The van der Waals surface area contributed by atoms with Crippen LogP contribution in [0.5, 0.6) is 5.75 Å². The van der Waals surface area contributed by atoms with Gasteiger partial charge in [-0.3, -0.25) is 4.99 Å². The number of nitrogens with one attached hydrogen (secondary N) is 2. The average Bonchev–Trinajstić information content (AvgIpc) is 2.75. The van der Waals surface area contributed by atoms with Crippen molar-refractivity contribution in [2.24, 2.45) is 4.99 Å². The second-order valence-electron chi connectivity index (χ2n) is 6.68. The molecule has 7 nitrogen and oxygen atoms in total. The van der Waals surface area contributed by atoms with E-state index in [1.54, 1.807) is 14.2 Å². The molecule has 29 heavy (non-hydrogen) atoms. The first kappa shape index (κ1) is 23.2. The lowest BCUT2D eigenvalue weighted by atomic mass is 10.1. The van der Waals surface area contributed by atoms with Crippen molar-refractivity contribution in [2.75, 3.05) is 45.4 Å². The van der Waals surface area contributed by atoms with Crippen LogP contribution in [-0.4, -0.2) is 51.4 Å². The van der Waals surface area contributed by atoms with Gasteiger partial charge in [-0.05, 0) is 24.6 Å². The third-order valence-corrected chi connectivity index (χ3v) is 4.74. The number of morpholine rings is 1. The average molecular weight is 511 g/mol. The molecule has 1 aliphatic heterocycles. The topological polar surface area (TPSA) is 71.0 Å². The maximum absolute atomic E-state index is 5.48. The van der Waals surface area contributed by atoms with E-state index in [1.807, 2.05) is 18.3 Å². The molecule has 1 aromatic heterocycles. The van der Waals surface area contributed by atoms with Crippen molar-refractivity contribution < 1.29 is 9.47 Å². The Morgan fingerprint density at radius 2 is 1.90 bits per heavy atom. The Bertz CT molecular complexity index is 809. The first-order chi connectivity index (χ1) is 13.7. The number of nitrogens with zero attached hydrogens (tertiary/aromatic N) is 3. The van der Waals surface area contributed by atoms with Crippen LogP contribution < -0.4 is 20.3 Å². The van der Waals surface area contributed by atoms with Gasteiger partial charge in [0.2, 0.25) is 0 Å². The van der Waals surface area contributed by atoms with Crippen LogP contribution in [0.3, 0.4) is 0 Å². The molecular weight excluding hydrogens is 481 g/mol. The van der Waals surface area contributed by atoms with Gasteiger partial charge >= 0.3 is 0 Å². The highest BCUT2D eigenvalue weighted by atomic mass is 127. The van der Waals surface area contributed by atoms with E-state index in [1.165, 1.54) is 5.56 Å². The smallest absolute Gasteiger partial charge is 0.191 e. The zero-order chi connectivity index (χ0) is 19.8. The van der Waals surface area contributed by atoms with Crippen LogP contribution in [0.1, 0.15) is 16.7 Å². The number of ether oxygens (including phenoxy) is 2. The molecule has 0 spiro atoms. The van der Waals surface area contributed by atoms with Crippen LogP contribution in [0.25, 0.3) is 0 Å². The highest BCUT2D eigenvalue weighted by Crippen LogP contribution is 2.20. The predicted molar refractivity (Wildman–Crippen MR) is 127 cm³/mol. The van der Waals surface area contributed by atoms with Crippen molar-refractivity contribution in [3.8, 4) is 5.75 Å². The van der Waals surface area contributed by atoms with Crippen molar-refractivity contribution in [3.63, 3.8) is 0 Å². The van der Waals surface area contributed by atoms with E-state index in [0.717, 1.165) is 55.0 Å². The molecule has 1 aromatic carbocycles. The monoisotopic (exact) mass is 511 g/mol. The zero-order valence-corrected chi connectivity index (χ0v) is 19.6. The summed E-state index contributed by atoms with van der Waals surface area (Å²) in [5, 5.41) is 6.74. The summed E-state index contributed by atoms with van der Waals surface area (Å²) in [7, 11) is 3.47. The molecule has 0 aliphatic carbocycles. The molecule has 3 rings (SSSR count). The van der Waals surface area contributed by atoms with Gasteiger partial charge in [0.1, 0.15) is 11.6 Å². The molecule has 0 bridgehead atoms. The minimum atomic E-state index is 0. The van der Waals surface area contributed by atoms with Gasteiger partial charge in [-0.1, -0.05) is 18.2 Å². The van der Waals surface area contributed by atoms with Gasteiger partial charge in [-0.2, -0.15) is 0 Å². The fraction of sp³-hybridized carbons (Fsp3) is 0.429. The Morgan fingerprint density at radius 1 is 1.17 bits per heavy atom. The van der Waals surface area contributed by atoms with Gasteiger partial charge in [-0.15, -0.1) is 24.0 Å². The Morgan fingerprint density at radius 3 is 2.59 bits per heavy atom. The third kappa shape index (κ3) is 6.46. The van der Waals surface area contributed by atoms with Gasteiger partial charge < -0.3 is 25.0 Å². The van der Waals surface area contributed by atoms with Gasteiger partial charge in [0.25, 0.3) is 0 Å². The summed E-state index contributed by atoms with van der Waals surface area (Å²) in [5.74, 6) is 2.62. The van der Waals surface area contributed by atoms with Crippen LogP contribution in [0.15, 0.2) is 41.5 Å². The van der Waals surface area contributed by atoms with Gasteiger partial charge in [0.15, 0.2) is 5.96 Å². The molecule has 0 saturated carbocycles. The number of aliphatic imine (C=N–C) groups is 1. The highest BCUT2D eigenvalue weighted by molar-refractivity contribution is 14.0. The fourth-order valence-electron chi connectivity index (χ4n) is 3.20. The van der Waals surface area contributed by atoms with Gasteiger partial charge in [0, 0.05) is 50.6 Å². The lowest BCUT2D eigenvalue weighted by molar-refractivity contribution is 0.122. The number of rotatable bonds is 6. The van der Waals surface area contributed by atoms with Crippen molar-refractivity contribution in [1.82, 2.24) is 15.6 Å². The molecule has 1 saturated heterocycles.